The fraction of sp³-hybridized carbons (Fsp3) is 0.333. The van der Waals surface area contributed by atoms with Crippen LogP contribution < -0.4 is 5.32 Å². The van der Waals surface area contributed by atoms with Gasteiger partial charge >= 0.3 is 0 Å². The van der Waals surface area contributed by atoms with E-state index < -0.39 is 0 Å². The van der Waals surface area contributed by atoms with Crippen LogP contribution in [0.15, 0.2) is 41.0 Å². The van der Waals surface area contributed by atoms with Crippen molar-refractivity contribution >= 4 is 17.2 Å². The Morgan fingerprint density at radius 3 is 3.11 bits per heavy atom. The van der Waals surface area contributed by atoms with Crippen LogP contribution in [0.5, 0.6) is 0 Å². The van der Waals surface area contributed by atoms with Crippen molar-refractivity contribution in [1.29, 1.82) is 0 Å². The predicted molar refractivity (Wildman–Crippen MR) is 80.7 cm³/mol. The number of thiophene rings is 1. The Balaban J connectivity index is 1.76. The quantitative estimate of drug-likeness (QED) is 0.928. The lowest BCUT2D eigenvalue weighted by Gasteiger charge is -2.12. The topological polar surface area (TPSA) is 37.3 Å². The smallest absolute Gasteiger partial charge is 0.0996 e. The Hall–Kier alpha value is -1.68. The van der Waals surface area contributed by atoms with E-state index in [1.807, 2.05) is 12.4 Å². The van der Waals surface area contributed by atoms with Gasteiger partial charge in [-0.15, -0.1) is 11.3 Å². The predicted octanol–water partition coefficient (Wildman–Crippen LogP) is 2.99. The Bertz CT molecular complexity index is 575. The van der Waals surface area contributed by atoms with E-state index in [2.05, 4.69) is 45.8 Å². The number of rotatable bonds is 4. The van der Waals surface area contributed by atoms with Crippen LogP contribution in [0.4, 0.5) is 0 Å². The molecule has 0 amide bonds. The number of hydrogen-bond donors (Lipinski definition) is 1. The maximum atomic E-state index is 4.49. The summed E-state index contributed by atoms with van der Waals surface area (Å²) < 4.78 is 0. The summed E-state index contributed by atoms with van der Waals surface area (Å²) in [6.45, 7) is 4.11. The number of amidine groups is 1. The van der Waals surface area contributed by atoms with Crippen LogP contribution in [0.2, 0.25) is 0 Å². The number of hydrogen-bond acceptors (Lipinski definition) is 4. The third kappa shape index (κ3) is 2.84. The molecule has 0 radical (unpaired) electrons. The molecular formula is C15H17N3S. The number of pyridine rings is 1. The van der Waals surface area contributed by atoms with Crippen molar-refractivity contribution in [3.63, 3.8) is 0 Å². The first-order valence-corrected chi connectivity index (χ1v) is 7.47. The van der Waals surface area contributed by atoms with E-state index in [1.54, 1.807) is 11.3 Å². The fourth-order valence-corrected chi connectivity index (χ4v) is 3.08. The highest BCUT2D eigenvalue weighted by Gasteiger charge is 2.14. The van der Waals surface area contributed by atoms with Gasteiger partial charge in [0.1, 0.15) is 0 Å². The Kier molecular flexibility index (Phi) is 3.60. The molecule has 1 aliphatic rings. The minimum absolute atomic E-state index is 0.433. The molecule has 19 heavy (non-hydrogen) atoms. The minimum Gasteiger partial charge on any atom is -0.372 e. The number of aromatic nitrogens is 1. The molecule has 3 rings (SSSR count). The van der Waals surface area contributed by atoms with Gasteiger partial charge in [0.25, 0.3) is 0 Å². The van der Waals surface area contributed by atoms with Crippen LogP contribution in [-0.4, -0.2) is 23.9 Å². The fourth-order valence-electron chi connectivity index (χ4n) is 2.37. The number of aliphatic imine (C=N–C) groups is 1. The second kappa shape index (κ2) is 5.53. The van der Waals surface area contributed by atoms with Crippen LogP contribution in [0.3, 0.4) is 0 Å². The molecule has 2 aromatic heterocycles. The van der Waals surface area contributed by atoms with Gasteiger partial charge in [0.2, 0.25) is 0 Å². The van der Waals surface area contributed by atoms with Crippen LogP contribution >= 0.6 is 11.3 Å². The summed E-state index contributed by atoms with van der Waals surface area (Å²) in [5, 5.41) is 5.45. The monoisotopic (exact) mass is 271 g/mol. The van der Waals surface area contributed by atoms with E-state index in [1.165, 1.54) is 16.0 Å². The summed E-state index contributed by atoms with van der Waals surface area (Å²) in [4.78, 5) is 10.1. The van der Waals surface area contributed by atoms with Crippen molar-refractivity contribution in [2.24, 2.45) is 10.9 Å². The van der Waals surface area contributed by atoms with E-state index in [0.29, 0.717) is 5.92 Å². The summed E-state index contributed by atoms with van der Waals surface area (Å²) in [7, 11) is 0. The van der Waals surface area contributed by atoms with E-state index >= 15 is 0 Å². The molecule has 0 aliphatic carbocycles. The third-order valence-electron chi connectivity index (χ3n) is 3.31. The molecule has 1 unspecified atom stereocenters. The lowest BCUT2D eigenvalue weighted by molar-refractivity contribution is 0.740. The molecule has 1 aliphatic heterocycles. The first-order chi connectivity index (χ1) is 9.33. The molecule has 0 aromatic carbocycles. The normalized spacial score (nSPS) is 15.9. The van der Waals surface area contributed by atoms with Crippen molar-refractivity contribution in [2.45, 2.75) is 13.3 Å². The molecule has 0 bridgehead atoms. The highest BCUT2D eigenvalue weighted by molar-refractivity contribution is 7.13. The van der Waals surface area contributed by atoms with Crippen molar-refractivity contribution < 1.29 is 0 Å². The van der Waals surface area contributed by atoms with Gasteiger partial charge in [-0.25, -0.2) is 0 Å². The van der Waals surface area contributed by atoms with Gasteiger partial charge in [-0.05, 0) is 29.5 Å². The van der Waals surface area contributed by atoms with E-state index in [4.69, 9.17) is 0 Å². The van der Waals surface area contributed by atoms with Gasteiger partial charge < -0.3 is 5.32 Å². The van der Waals surface area contributed by atoms with Gasteiger partial charge in [0, 0.05) is 35.3 Å². The van der Waals surface area contributed by atoms with Crippen molar-refractivity contribution in [1.82, 2.24) is 10.3 Å². The number of nitrogens with one attached hydrogen (secondary N) is 1. The molecule has 0 saturated carbocycles. The SMILES string of the molecule is CC(Cc1cncc(-c2cccs2)c1)C1=NCCN1. The zero-order valence-corrected chi connectivity index (χ0v) is 11.8. The first kappa shape index (κ1) is 12.4. The zero-order chi connectivity index (χ0) is 13.1. The summed E-state index contributed by atoms with van der Waals surface area (Å²) in [6, 6.07) is 6.45. The minimum atomic E-state index is 0.433. The largest absolute Gasteiger partial charge is 0.372 e. The lowest BCUT2D eigenvalue weighted by Crippen LogP contribution is -2.26. The molecule has 1 N–H and O–H groups in total. The number of nitrogens with zero attached hydrogens (tertiary/aromatic N) is 2. The van der Waals surface area contributed by atoms with Crippen LogP contribution in [0.25, 0.3) is 10.4 Å². The van der Waals surface area contributed by atoms with Crippen molar-refractivity contribution in [3.8, 4) is 10.4 Å². The zero-order valence-electron chi connectivity index (χ0n) is 11.0. The Morgan fingerprint density at radius 2 is 2.37 bits per heavy atom. The third-order valence-corrected chi connectivity index (χ3v) is 4.23. The van der Waals surface area contributed by atoms with E-state index in [9.17, 15) is 0 Å². The molecule has 98 valence electrons. The van der Waals surface area contributed by atoms with Gasteiger partial charge in [-0.1, -0.05) is 13.0 Å². The molecule has 2 aromatic rings. The standard InChI is InChI=1S/C15H17N3S/c1-11(15-17-4-5-18-15)7-12-8-13(10-16-9-12)14-3-2-6-19-14/h2-3,6,8-11H,4-5,7H2,1H3,(H,17,18). The molecule has 3 heterocycles. The summed E-state index contributed by atoms with van der Waals surface area (Å²) >= 11 is 1.75. The van der Waals surface area contributed by atoms with E-state index in [-0.39, 0.29) is 0 Å². The van der Waals surface area contributed by atoms with Gasteiger partial charge in [0.05, 0.1) is 12.4 Å². The first-order valence-electron chi connectivity index (χ1n) is 6.59. The molecule has 1 atom stereocenters. The second-order valence-electron chi connectivity index (χ2n) is 4.86. The van der Waals surface area contributed by atoms with Crippen LogP contribution in [0.1, 0.15) is 12.5 Å². The highest BCUT2D eigenvalue weighted by atomic mass is 32.1. The van der Waals surface area contributed by atoms with Gasteiger partial charge in [0.15, 0.2) is 0 Å². The summed E-state index contributed by atoms with van der Waals surface area (Å²) in [5.74, 6) is 1.57. The van der Waals surface area contributed by atoms with Crippen LogP contribution in [0, 0.1) is 5.92 Å². The molecule has 4 heteroatoms. The van der Waals surface area contributed by atoms with Crippen molar-refractivity contribution in [3.05, 3.63) is 41.5 Å². The average Bonchev–Trinajstić information content (AvgIpc) is 3.13. The average molecular weight is 271 g/mol. The molecular weight excluding hydrogens is 254 g/mol. The molecule has 0 spiro atoms. The maximum Gasteiger partial charge on any atom is 0.0996 e. The van der Waals surface area contributed by atoms with Crippen molar-refractivity contribution in [2.75, 3.05) is 13.1 Å². The highest BCUT2D eigenvalue weighted by Crippen LogP contribution is 2.25. The van der Waals surface area contributed by atoms with Gasteiger partial charge in [-0.3, -0.25) is 9.98 Å². The molecule has 0 saturated heterocycles. The Morgan fingerprint density at radius 1 is 1.42 bits per heavy atom. The second-order valence-corrected chi connectivity index (χ2v) is 5.81. The van der Waals surface area contributed by atoms with Gasteiger partial charge in [-0.2, -0.15) is 0 Å². The Labute approximate surface area is 117 Å². The summed E-state index contributed by atoms with van der Waals surface area (Å²) in [5.41, 5.74) is 2.48. The molecule has 3 nitrogen and oxygen atoms in total. The molecule has 0 fully saturated rings. The van der Waals surface area contributed by atoms with E-state index in [0.717, 1.165) is 25.3 Å². The summed E-state index contributed by atoms with van der Waals surface area (Å²) in [6.07, 6.45) is 4.88. The lowest BCUT2D eigenvalue weighted by atomic mass is 10.00. The van der Waals surface area contributed by atoms with Crippen LogP contribution in [-0.2, 0) is 6.42 Å². The maximum absolute atomic E-state index is 4.49.